The predicted molar refractivity (Wildman–Crippen MR) is 97.3 cm³/mol. The monoisotopic (exact) mass is 323 g/mol. The molecule has 4 heteroatoms. The third-order valence-electron chi connectivity index (χ3n) is 4.22. The molecule has 0 radical (unpaired) electrons. The molecule has 1 aromatic carbocycles. The van der Waals surface area contributed by atoms with Crippen LogP contribution in [0.15, 0.2) is 48.3 Å². The summed E-state index contributed by atoms with van der Waals surface area (Å²) in [4.78, 5) is 4.36. The normalized spacial score (nSPS) is 15.7. The first kappa shape index (κ1) is 16.7. The number of benzene rings is 1. The highest BCUT2D eigenvalue weighted by Crippen LogP contribution is 2.27. The van der Waals surface area contributed by atoms with E-state index in [1.54, 1.807) is 24.9 Å². The van der Waals surface area contributed by atoms with Crippen molar-refractivity contribution >= 4 is 5.57 Å². The van der Waals surface area contributed by atoms with Gasteiger partial charge in [-0.05, 0) is 51.2 Å². The lowest BCUT2D eigenvalue weighted by Gasteiger charge is -2.15. The fourth-order valence-electron chi connectivity index (χ4n) is 2.93. The summed E-state index contributed by atoms with van der Waals surface area (Å²) in [6.07, 6.45) is 9.55. The molecule has 0 fully saturated rings. The number of allylic oxidation sites excluding steroid dienone is 4. The lowest BCUT2D eigenvalue weighted by atomic mass is 9.99. The average molecular weight is 323 g/mol. The summed E-state index contributed by atoms with van der Waals surface area (Å²) in [5.74, 6) is 0.693. The molecule has 1 aromatic heterocycles. The molecule has 0 atom stereocenters. The van der Waals surface area contributed by atoms with Gasteiger partial charge in [0.25, 0.3) is 0 Å². The molecule has 3 rings (SSSR count). The van der Waals surface area contributed by atoms with Crippen LogP contribution in [0.5, 0.6) is 0 Å². The van der Waals surface area contributed by atoms with Gasteiger partial charge in [-0.3, -0.25) is 0 Å². The molecule has 0 spiro atoms. The maximum Gasteiger partial charge on any atom is 0.181 e. The molecule has 0 saturated carbocycles. The minimum atomic E-state index is -0.799. The smallest absolute Gasteiger partial charge is 0.181 e. The van der Waals surface area contributed by atoms with Crippen LogP contribution in [0.4, 0.5) is 0 Å². The van der Waals surface area contributed by atoms with Gasteiger partial charge in [-0.2, -0.15) is 5.10 Å². The van der Waals surface area contributed by atoms with Gasteiger partial charge in [-0.1, -0.05) is 42.0 Å². The van der Waals surface area contributed by atoms with Crippen molar-refractivity contribution in [1.29, 1.82) is 0 Å². The van der Waals surface area contributed by atoms with Gasteiger partial charge in [0.1, 0.15) is 6.33 Å². The van der Waals surface area contributed by atoms with Gasteiger partial charge < -0.3 is 5.11 Å². The van der Waals surface area contributed by atoms with Crippen LogP contribution in [0, 0.1) is 0 Å². The third kappa shape index (κ3) is 4.20. The quantitative estimate of drug-likeness (QED) is 0.857. The Hall–Kier alpha value is -2.20. The van der Waals surface area contributed by atoms with Gasteiger partial charge in [-0.25, -0.2) is 9.67 Å². The maximum absolute atomic E-state index is 9.87. The summed E-state index contributed by atoms with van der Waals surface area (Å²) in [6, 6.07) is 8.45. The molecule has 0 bridgehead atoms. The van der Waals surface area contributed by atoms with E-state index in [4.69, 9.17) is 0 Å². The van der Waals surface area contributed by atoms with Crippen molar-refractivity contribution in [2.75, 3.05) is 0 Å². The van der Waals surface area contributed by atoms with Gasteiger partial charge in [0.05, 0.1) is 12.1 Å². The number of aliphatic hydroxyl groups is 1. The summed E-state index contributed by atoms with van der Waals surface area (Å²) in [7, 11) is 0. The van der Waals surface area contributed by atoms with Crippen molar-refractivity contribution in [3.05, 3.63) is 53.9 Å². The van der Waals surface area contributed by atoms with Crippen molar-refractivity contribution in [1.82, 2.24) is 14.8 Å². The van der Waals surface area contributed by atoms with Crippen LogP contribution in [-0.2, 0) is 6.54 Å². The fraction of sp³-hybridized carbons (Fsp3) is 0.400. The molecule has 1 N–H and O–H groups in total. The molecule has 1 aliphatic carbocycles. The summed E-state index contributed by atoms with van der Waals surface area (Å²) in [5.41, 5.74) is 4.36. The van der Waals surface area contributed by atoms with E-state index < -0.39 is 5.60 Å². The van der Waals surface area contributed by atoms with Crippen LogP contribution >= 0.6 is 0 Å². The third-order valence-corrected chi connectivity index (χ3v) is 4.22. The Labute approximate surface area is 143 Å². The van der Waals surface area contributed by atoms with Gasteiger partial charge in [-0.15, -0.1) is 0 Å². The van der Waals surface area contributed by atoms with Crippen LogP contribution in [0.2, 0.25) is 0 Å². The zero-order valence-electron chi connectivity index (χ0n) is 14.7. The Morgan fingerprint density at radius 2 is 1.79 bits per heavy atom. The second kappa shape index (κ2) is 6.73. The minimum Gasteiger partial charge on any atom is -0.389 e. The fourth-order valence-corrected chi connectivity index (χ4v) is 2.93. The standard InChI is InChI=1S/C20H25N3O/c1-15-5-4-6-16(8-7-15)17-9-11-18(12-10-17)19-21-14-23(22-19)13-20(2,3)24/h5-6,9-12,14,24H,4,7-8,13H2,1-3H3. The lowest BCUT2D eigenvalue weighted by Crippen LogP contribution is -2.26. The van der Waals surface area contributed by atoms with Gasteiger partial charge in [0.15, 0.2) is 5.82 Å². The average Bonchev–Trinajstić information content (AvgIpc) is 2.86. The van der Waals surface area contributed by atoms with E-state index in [0.29, 0.717) is 12.4 Å². The molecule has 0 aliphatic heterocycles. The number of hydrogen-bond donors (Lipinski definition) is 1. The van der Waals surface area contributed by atoms with Crippen molar-refractivity contribution in [2.45, 2.75) is 52.2 Å². The van der Waals surface area contributed by atoms with Crippen LogP contribution in [0.3, 0.4) is 0 Å². The van der Waals surface area contributed by atoms with E-state index in [9.17, 15) is 5.11 Å². The van der Waals surface area contributed by atoms with Crippen molar-refractivity contribution in [3.8, 4) is 11.4 Å². The van der Waals surface area contributed by atoms with E-state index in [1.165, 1.54) is 16.7 Å². The van der Waals surface area contributed by atoms with Crippen molar-refractivity contribution < 1.29 is 5.11 Å². The molecule has 0 unspecified atom stereocenters. The molecular formula is C20H25N3O. The van der Waals surface area contributed by atoms with Crippen LogP contribution in [0.25, 0.3) is 17.0 Å². The topological polar surface area (TPSA) is 50.9 Å². The number of rotatable bonds is 4. The van der Waals surface area contributed by atoms with E-state index in [2.05, 4.69) is 53.4 Å². The molecule has 2 aromatic rings. The Balaban J connectivity index is 1.74. The molecule has 0 saturated heterocycles. The van der Waals surface area contributed by atoms with E-state index in [0.717, 1.165) is 24.8 Å². The van der Waals surface area contributed by atoms with Crippen LogP contribution in [-0.4, -0.2) is 25.5 Å². The summed E-state index contributed by atoms with van der Waals surface area (Å²) < 4.78 is 1.69. The maximum atomic E-state index is 9.87. The summed E-state index contributed by atoms with van der Waals surface area (Å²) in [6.45, 7) is 6.16. The first-order valence-corrected chi connectivity index (χ1v) is 8.48. The van der Waals surface area contributed by atoms with E-state index in [1.807, 2.05) is 0 Å². The van der Waals surface area contributed by atoms with E-state index in [-0.39, 0.29) is 0 Å². The molecule has 1 aliphatic rings. The molecular weight excluding hydrogens is 298 g/mol. The Kier molecular flexibility index (Phi) is 4.67. The van der Waals surface area contributed by atoms with Gasteiger partial charge in [0.2, 0.25) is 0 Å². The number of aromatic nitrogens is 3. The second-order valence-electron chi connectivity index (χ2n) is 7.17. The first-order valence-electron chi connectivity index (χ1n) is 8.48. The summed E-state index contributed by atoms with van der Waals surface area (Å²) in [5, 5.41) is 14.3. The molecule has 4 nitrogen and oxygen atoms in total. The lowest BCUT2D eigenvalue weighted by molar-refractivity contribution is 0.0577. The Morgan fingerprint density at radius 1 is 1.08 bits per heavy atom. The SMILES string of the molecule is CC1=CCC=C(c2ccc(-c3ncn(CC(C)(C)O)n3)cc2)CC1. The van der Waals surface area contributed by atoms with Gasteiger partial charge >= 0.3 is 0 Å². The highest BCUT2D eigenvalue weighted by atomic mass is 16.3. The predicted octanol–water partition coefficient (Wildman–Crippen LogP) is 4.23. The molecule has 126 valence electrons. The largest absolute Gasteiger partial charge is 0.389 e. The number of nitrogens with zero attached hydrogens (tertiary/aromatic N) is 3. The van der Waals surface area contributed by atoms with Crippen LogP contribution < -0.4 is 0 Å². The van der Waals surface area contributed by atoms with Gasteiger partial charge in [0, 0.05) is 5.56 Å². The highest BCUT2D eigenvalue weighted by Gasteiger charge is 2.15. The molecule has 1 heterocycles. The molecule has 24 heavy (non-hydrogen) atoms. The van der Waals surface area contributed by atoms with Crippen molar-refractivity contribution in [2.24, 2.45) is 0 Å². The Morgan fingerprint density at radius 3 is 2.50 bits per heavy atom. The second-order valence-corrected chi connectivity index (χ2v) is 7.17. The minimum absolute atomic E-state index is 0.428. The molecule has 0 amide bonds. The number of hydrogen-bond acceptors (Lipinski definition) is 3. The highest BCUT2D eigenvalue weighted by molar-refractivity contribution is 5.69. The van der Waals surface area contributed by atoms with E-state index >= 15 is 0 Å². The van der Waals surface area contributed by atoms with Crippen LogP contribution in [0.1, 0.15) is 45.6 Å². The Bertz CT molecular complexity index is 761. The zero-order valence-corrected chi connectivity index (χ0v) is 14.7. The van der Waals surface area contributed by atoms with Crippen molar-refractivity contribution in [3.63, 3.8) is 0 Å². The first-order chi connectivity index (χ1) is 11.4. The summed E-state index contributed by atoms with van der Waals surface area (Å²) >= 11 is 0. The zero-order chi connectivity index (χ0) is 17.2.